The Labute approximate surface area is 157 Å². The smallest absolute Gasteiger partial charge is 0.253 e. The first-order valence-electron chi connectivity index (χ1n) is 8.40. The third-order valence-electron chi connectivity index (χ3n) is 4.48. The summed E-state index contributed by atoms with van der Waals surface area (Å²) in [7, 11) is -3.64. The van der Waals surface area contributed by atoms with Crippen LogP contribution in [0.2, 0.25) is 0 Å². The van der Waals surface area contributed by atoms with E-state index in [9.17, 15) is 13.2 Å². The first-order valence-corrected chi connectivity index (χ1v) is 9.89. The molecule has 0 aliphatic heterocycles. The van der Waals surface area contributed by atoms with Crippen molar-refractivity contribution in [3.05, 3.63) is 29.8 Å². The summed E-state index contributed by atoms with van der Waals surface area (Å²) < 4.78 is 27.3. The molecule has 0 aliphatic carbocycles. The van der Waals surface area contributed by atoms with Gasteiger partial charge in [0.05, 0.1) is 4.90 Å². The summed E-state index contributed by atoms with van der Waals surface area (Å²) in [5.41, 5.74) is 6.06. The minimum Gasteiger partial charge on any atom is -0.339 e. The zero-order valence-electron chi connectivity index (χ0n) is 15.4. The number of hydrogen-bond donors (Lipinski definition) is 2. The van der Waals surface area contributed by atoms with E-state index in [0.29, 0.717) is 31.5 Å². The van der Waals surface area contributed by atoms with Crippen molar-refractivity contribution in [3.8, 4) is 0 Å². The molecule has 0 radical (unpaired) electrons. The van der Waals surface area contributed by atoms with Crippen LogP contribution in [0, 0.1) is 0 Å². The molecule has 0 saturated heterocycles. The van der Waals surface area contributed by atoms with E-state index in [4.69, 9.17) is 5.73 Å². The van der Waals surface area contributed by atoms with Gasteiger partial charge in [-0.3, -0.25) is 4.79 Å². The molecular weight excluding hydrogens is 362 g/mol. The minimum absolute atomic E-state index is 0. The summed E-state index contributed by atoms with van der Waals surface area (Å²) in [6.07, 6.45) is 1.37. The predicted octanol–water partition coefficient (Wildman–Crippen LogP) is 2.39. The van der Waals surface area contributed by atoms with E-state index in [1.165, 1.54) is 12.1 Å². The van der Waals surface area contributed by atoms with E-state index >= 15 is 0 Å². The van der Waals surface area contributed by atoms with Crippen LogP contribution in [0.5, 0.6) is 0 Å². The molecule has 8 heteroatoms. The van der Waals surface area contributed by atoms with Crippen molar-refractivity contribution in [2.75, 3.05) is 19.6 Å². The number of halogens is 1. The Kier molecular flexibility index (Phi) is 9.64. The number of sulfonamides is 1. The lowest BCUT2D eigenvalue weighted by Crippen LogP contribution is -2.49. The Morgan fingerprint density at radius 2 is 1.56 bits per heavy atom. The van der Waals surface area contributed by atoms with Crippen molar-refractivity contribution in [2.45, 2.75) is 51.0 Å². The van der Waals surface area contributed by atoms with Crippen molar-refractivity contribution in [3.63, 3.8) is 0 Å². The SMILES string of the molecule is CCN(CC)C(=O)c1ccc(S(=O)(=O)NCC(N)(CC)CC)cc1.Cl. The van der Waals surface area contributed by atoms with E-state index in [-0.39, 0.29) is 29.8 Å². The molecule has 144 valence electrons. The summed E-state index contributed by atoms with van der Waals surface area (Å²) >= 11 is 0. The number of rotatable bonds is 9. The monoisotopic (exact) mass is 391 g/mol. The van der Waals surface area contributed by atoms with E-state index < -0.39 is 15.6 Å². The fourth-order valence-electron chi connectivity index (χ4n) is 2.29. The maximum Gasteiger partial charge on any atom is 0.253 e. The zero-order valence-corrected chi connectivity index (χ0v) is 17.0. The van der Waals surface area contributed by atoms with Crippen LogP contribution in [-0.2, 0) is 10.0 Å². The Balaban J connectivity index is 0.00000576. The number of benzene rings is 1. The fraction of sp³-hybridized carbons (Fsp3) is 0.588. The Morgan fingerprint density at radius 3 is 1.96 bits per heavy atom. The fourth-order valence-corrected chi connectivity index (χ4v) is 3.43. The number of carbonyl (C=O) groups is 1. The van der Waals surface area contributed by atoms with Gasteiger partial charge < -0.3 is 10.6 Å². The first kappa shape index (κ1) is 23.9. The van der Waals surface area contributed by atoms with Gasteiger partial charge in [0.1, 0.15) is 0 Å². The van der Waals surface area contributed by atoms with E-state index in [2.05, 4.69) is 4.72 Å². The maximum absolute atomic E-state index is 12.4. The van der Waals surface area contributed by atoms with Gasteiger partial charge in [-0.1, -0.05) is 13.8 Å². The lowest BCUT2D eigenvalue weighted by atomic mass is 9.95. The zero-order chi connectivity index (χ0) is 18.4. The highest BCUT2D eigenvalue weighted by atomic mass is 35.5. The largest absolute Gasteiger partial charge is 0.339 e. The number of amides is 1. The van der Waals surface area contributed by atoms with Gasteiger partial charge in [0.15, 0.2) is 0 Å². The molecule has 0 atom stereocenters. The van der Waals surface area contributed by atoms with Crippen LogP contribution >= 0.6 is 12.4 Å². The molecule has 1 rings (SSSR count). The summed E-state index contributed by atoms with van der Waals surface area (Å²) in [5, 5.41) is 0. The van der Waals surface area contributed by atoms with Gasteiger partial charge in [0, 0.05) is 30.7 Å². The summed E-state index contributed by atoms with van der Waals surface area (Å²) in [6, 6.07) is 6.00. The minimum atomic E-state index is -3.64. The molecule has 0 unspecified atom stereocenters. The molecule has 0 saturated carbocycles. The van der Waals surface area contributed by atoms with Crippen LogP contribution in [0.25, 0.3) is 0 Å². The highest BCUT2D eigenvalue weighted by Gasteiger charge is 2.24. The molecule has 0 aliphatic rings. The van der Waals surface area contributed by atoms with Crippen LogP contribution < -0.4 is 10.5 Å². The first-order chi connectivity index (χ1) is 11.2. The molecule has 0 bridgehead atoms. The molecular formula is C17H30ClN3O3S. The van der Waals surface area contributed by atoms with Crippen LogP contribution in [0.3, 0.4) is 0 Å². The molecule has 0 fully saturated rings. The molecule has 0 heterocycles. The van der Waals surface area contributed by atoms with Gasteiger partial charge in [0.25, 0.3) is 5.91 Å². The quantitative estimate of drug-likeness (QED) is 0.675. The van der Waals surface area contributed by atoms with E-state index in [0.717, 1.165) is 0 Å². The second kappa shape index (κ2) is 10.1. The van der Waals surface area contributed by atoms with Gasteiger partial charge >= 0.3 is 0 Å². The number of nitrogens with zero attached hydrogens (tertiary/aromatic N) is 1. The van der Waals surface area contributed by atoms with Gasteiger partial charge in [-0.05, 0) is 51.0 Å². The molecule has 0 aromatic heterocycles. The number of hydrogen-bond acceptors (Lipinski definition) is 4. The second-order valence-corrected chi connectivity index (χ2v) is 7.66. The molecule has 1 amide bonds. The lowest BCUT2D eigenvalue weighted by molar-refractivity contribution is 0.0773. The summed E-state index contributed by atoms with van der Waals surface area (Å²) in [6.45, 7) is 9.10. The molecule has 25 heavy (non-hydrogen) atoms. The number of nitrogens with one attached hydrogen (secondary N) is 1. The molecule has 1 aromatic carbocycles. The Bertz CT molecular complexity index is 640. The van der Waals surface area contributed by atoms with E-state index in [1.807, 2.05) is 27.7 Å². The van der Waals surface area contributed by atoms with Crippen molar-refractivity contribution in [2.24, 2.45) is 5.73 Å². The van der Waals surface area contributed by atoms with Gasteiger partial charge in [-0.25, -0.2) is 13.1 Å². The van der Waals surface area contributed by atoms with Gasteiger partial charge in [0.2, 0.25) is 10.0 Å². The van der Waals surface area contributed by atoms with Crippen LogP contribution in [0.15, 0.2) is 29.2 Å². The third-order valence-corrected chi connectivity index (χ3v) is 5.90. The molecule has 0 spiro atoms. The summed E-state index contributed by atoms with van der Waals surface area (Å²) in [5.74, 6) is -0.102. The number of carbonyl (C=O) groups excluding carboxylic acids is 1. The van der Waals surface area contributed by atoms with Crippen LogP contribution in [0.4, 0.5) is 0 Å². The van der Waals surface area contributed by atoms with Crippen molar-refractivity contribution in [1.29, 1.82) is 0 Å². The average Bonchev–Trinajstić information content (AvgIpc) is 2.61. The van der Waals surface area contributed by atoms with Gasteiger partial charge in [-0.2, -0.15) is 0 Å². The highest BCUT2D eigenvalue weighted by Crippen LogP contribution is 2.15. The lowest BCUT2D eigenvalue weighted by Gasteiger charge is -2.26. The topological polar surface area (TPSA) is 92.5 Å². The van der Waals surface area contributed by atoms with Crippen LogP contribution in [0.1, 0.15) is 50.9 Å². The number of nitrogens with two attached hydrogens (primary N) is 1. The highest BCUT2D eigenvalue weighted by molar-refractivity contribution is 7.89. The standard InChI is InChI=1S/C17H29N3O3S.ClH/c1-5-17(18,6-2)13-19-24(22,23)15-11-9-14(10-12-15)16(21)20(7-3)8-4;/h9-12,19H,5-8,13,18H2,1-4H3;1H. The second-order valence-electron chi connectivity index (χ2n) is 5.90. The predicted molar refractivity (Wildman–Crippen MR) is 104 cm³/mol. The molecule has 3 N–H and O–H groups in total. The maximum atomic E-state index is 12.4. The third kappa shape index (κ3) is 6.26. The molecule has 6 nitrogen and oxygen atoms in total. The van der Waals surface area contributed by atoms with Crippen molar-refractivity contribution < 1.29 is 13.2 Å². The normalized spacial score (nSPS) is 11.7. The Morgan fingerprint density at radius 1 is 1.08 bits per heavy atom. The van der Waals surface area contributed by atoms with Gasteiger partial charge in [-0.15, -0.1) is 12.4 Å². The van der Waals surface area contributed by atoms with Crippen molar-refractivity contribution >= 4 is 28.3 Å². The summed E-state index contributed by atoms with van der Waals surface area (Å²) in [4.78, 5) is 14.1. The average molecular weight is 392 g/mol. The van der Waals surface area contributed by atoms with Crippen molar-refractivity contribution in [1.82, 2.24) is 9.62 Å². The van der Waals surface area contributed by atoms with Crippen LogP contribution in [-0.4, -0.2) is 44.4 Å². The van der Waals surface area contributed by atoms with E-state index in [1.54, 1.807) is 17.0 Å². The molecule has 1 aromatic rings. The Hall–Kier alpha value is -1.15.